The van der Waals surface area contributed by atoms with Crippen molar-refractivity contribution < 1.29 is 33.4 Å². The van der Waals surface area contributed by atoms with Gasteiger partial charge in [-0.1, -0.05) is 60.7 Å². The van der Waals surface area contributed by atoms with Gasteiger partial charge in [0.05, 0.1) is 33.1 Å². The van der Waals surface area contributed by atoms with Gasteiger partial charge >= 0.3 is 18.2 Å². The largest absolute Gasteiger partial charge is 0.481 e. The van der Waals surface area contributed by atoms with E-state index in [0.717, 1.165) is 11.1 Å². The number of aliphatic carboxylic acids is 1. The number of ether oxygens (including phenoxy) is 2. The predicted octanol–water partition coefficient (Wildman–Crippen LogP) is 3.54. The Hall–Kier alpha value is -3.59. The van der Waals surface area contributed by atoms with Crippen LogP contribution >= 0.6 is 0 Å². The highest BCUT2D eigenvalue weighted by Crippen LogP contribution is 2.08. The number of nitrogens with zero attached hydrogens (tertiary/aromatic N) is 1. The Morgan fingerprint density at radius 1 is 0.743 bits per heavy atom. The van der Waals surface area contributed by atoms with E-state index in [1.807, 2.05) is 67.7 Å². The van der Waals surface area contributed by atoms with E-state index in [1.165, 1.54) is 0 Å². The molecular formula is C26H36N3O6+. The van der Waals surface area contributed by atoms with Crippen molar-refractivity contribution in [1.82, 2.24) is 10.6 Å². The summed E-state index contributed by atoms with van der Waals surface area (Å²) in [5.74, 6) is -0.848. The monoisotopic (exact) mass is 486 g/mol. The molecule has 0 fully saturated rings. The lowest BCUT2D eigenvalue weighted by Gasteiger charge is -2.34. The molecule has 0 spiro atoms. The van der Waals surface area contributed by atoms with E-state index in [0.29, 0.717) is 50.0 Å². The Kier molecular flexibility index (Phi) is 12.1. The minimum atomic E-state index is -0.848. The molecule has 0 aliphatic heterocycles. The second-order valence-corrected chi connectivity index (χ2v) is 8.62. The van der Waals surface area contributed by atoms with Crippen LogP contribution in [0.3, 0.4) is 0 Å². The second kappa shape index (κ2) is 15.3. The molecule has 9 heteroatoms. The van der Waals surface area contributed by atoms with E-state index in [4.69, 9.17) is 14.6 Å². The van der Waals surface area contributed by atoms with Crippen molar-refractivity contribution in [2.75, 3.05) is 39.8 Å². The Balaban J connectivity index is 1.66. The van der Waals surface area contributed by atoms with Crippen LogP contribution in [0.1, 0.15) is 30.4 Å². The smallest absolute Gasteiger partial charge is 0.407 e. The standard InChI is InChI=1S/C26H35N3O6/c1-29(19-14-24(30)31,17-8-15-27-25(32)34-20-22-10-4-2-5-11-22)18-9-16-28-26(33)35-21-23-12-6-3-7-13-23/h2-7,10-13H,8-9,14-21H2,1H3,(H2-,27,28,30,31,32,33)/p+1. The maximum Gasteiger partial charge on any atom is 0.407 e. The van der Waals surface area contributed by atoms with E-state index >= 15 is 0 Å². The summed E-state index contributed by atoms with van der Waals surface area (Å²) >= 11 is 0. The van der Waals surface area contributed by atoms with Crippen LogP contribution in [-0.2, 0) is 27.5 Å². The highest BCUT2D eigenvalue weighted by Gasteiger charge is 2.22. The molecule has 2 aromatic rings. The van der Waals surface area contributed by atoms with Crippen molar-refractivity contribution in [2.45, 2.75) is 32.5 Å². The lowest BCUT2D eigenvalue weighted by Crippen LogP contribution is -2.48. The molecule has 0 atom stereocenters. The summed E-state index contributed by atoms with van der Waals surface area (Å²) in [6.45, 7) is 3.11. The van der Waals surface area contributed by atoms with E-state index in [9.17, 15) is 14.4 Å². The third-order valence-electron chi connectivity index (χ3n) is 5.58. The van der Waals surface area contributed by atoms with Crippen LogP contribution in [0.15, 0.2) is 60.7 Å². The van der Waals surface area contributed by atoms with Gasteiger partial charge in [-0.2, -0.15) is 0 Å². The molecule has 0 bridgehead atoms. The van der Waals surface area contributed by atoms with Crippen LogP contribution in [0, 0.1) is 0 Å². The number of quaternary nitrogens is 1. The van der Waals surface area contributed by atoms with Crippen LogP contribution in [-0.4, -0.2) is 67.5 Å². The topological polar surface area (TPSA) is 114 Å². The first-order valence-corrected chi connectivity index (χ1v) is 11.8. The summed E-state index contributed by atoms with van der Waals surface area (Å²) in [7, 11) is 1.99. The van der Waals surface area contributed by atoms with E-state index in [-0.39, 0.29) is 19.6 Å². The van der Waals surface area contributed by atoms with Crippen molar-refractivity contribution >= 4 is 18.2 Å². The minimum absolute atomic E-state index is 0.0512. The number of alkyl carbamates (subject to hydrolysis) is 2. The summed E-state index contributed by atoms with van der Waals surface area (Å²) in [6.07, 6.45) is 0.431. The molecule has 0 aromatic heterocycles. The average molecular weight is 487 g/mol. The van der Waals surface area contributed by atoms with Gasteiger partial charge in [-0.05, 0) is 11.1 Å². The van der Waals surface area contributed by atoms with Crippen LogP contribution in [0.25, 0.3) is 0 Å². The minimum Gasteiger partial charge on any atom is -0.481 e. The van der Waals surface area contributed by atoms with Gasteiger partial charge in [-0.3, -0.25) is 4.79 Å². The molecule has 2 aromatic carbocycles. The van der Waals surface area contributed by atoms with Gasteiger partial charge in [0.25, 0.3) is 0 Å². The number of hydrogen-bond acceptors (Lipinski definition) is 5. The van der Waals surface area contributed by atoms with Crippen molar-refractivity contribution in [3.8, 4) is 0 Å². The van der Waals surface area contributed by atoms with E-state index in [1.54, 1.807) is 0 Å². The second-order valence-electron chi connectivity index (χ2n) is 8.62. The Bertz CT molecular complexity index is 844. The zero-order valence-electron chi connectivity index (χ0n) is 20.3. The summed E-state index contributed by atoms with van der Waals surface area (Å²) in [5, 5.41) is 14.6. The van der Waals surface area contributed by atoms with Crippen LogP contribution in [0.5, 0.6) is 0 Å². The third-order valence-corrected chi connectivity index (χ3v) is 5.58. The molecule has 0 heterocycles. The number of carboxylic acids is 1. The zero-order chi connectivity index (χ0) is 25.4. The molecular weight excluding hydrogens is 450 g/mol. The number of carboxylic acid groups (broad SMARTS) is 1. The number of amides is 2. The van der Waals surface area contributed by atoms with Gasteiger partial charge in [0, 0.05) is 25.9 Å². The molecule has 0 aliphatic rings. The Morgan fingerprint density at radius 3 is 1.57 bits per heavy atom. The van der Waals surface area contributed by atoms with Crippen molar-refractivity contribution in [1.29, 1.82) is 0 Å². The Labute approximate surface area is 206 Å². The fraction of sp³-hybridized carbons (Fsp3) is 0.423. The number of carbonyl (C=O) groups is 3. The van der Waals surface area contributed by atoms with Crippen molar-refractivity contribution in [3.63, 3.8) is 0 Å². The molecule has 9 nitrogen and oxygen atoms in total. The highest BCUT2D eigenvalue weighted by molar-refractivity contribution is 5.67. The summed E-state index contributed by atoms with van der Waals surface area (Å²) in [4.78, 5) is 34.9. The van der Waals surface area contributed by atoms with Crippen LogP contribution in [0.4, 0.5) is 9.59 Å². The molecule has 2 rings (SSSR count). The number of hydrogen-bond donors (Lipinski definition) is 3. The van der Waals surface area contributed by atoms with Gasteiger partial charge in [-0.15, -0.1) is 0 Å². The quantitative estimate of drug-likeness (QED) is 0.262. The summed E-state index contributed by atoms with van der Waals surface area (Å²) in [6, 6.07) is 18.9. The lowest BCUT2D eigenvalue weighted by molar-refractivity contribution is -0.909. The maximum atomic E-state index is 11.9. The molecule has 0 radical (unpaired) electrons. The zero-order valence-corrected chi connectivity index (χ0v) is 20.3. The normalized spacial score (nSPS) is 10.9. The Morgan fingerprint density at radius 2 is 1.17 bits per heavy atom. The van der Waals surface area contributed by atoms with Gasteiger partial charge < -0.3 is 29.7 Å². The average Bonchev–Trinajstić information content (AvgIpc) is 2.87. The fourth-order valence-electron chi connectivity index (χ4n) is 3.55. The number of nitrogens with one attached hydrogen (secondary N) is 2. The lowest BCUT2D eigenvalue weighted by atomic mass is 10.2. The number of rotatable bonds is 15. The SMILES string of the molecule is C[N+](CCCNC(=O)OCc1ccccc1)(CCCNC(=O)OCc1ccccc1)CCC(=O)O. The van der Waals surface area contributed by atoms with Crippen molar-refractivity contribution in [2.24, 2.45) is 0 Å². The number of benzene rings is 2. The first-order chi connectivity index (χ1) is 16.9. The van der Waals surface area contributed by atoms with Crippen molar-refractivity contribution in [3.05, 3.63) is 71.8 Å². The molecule has 3 N–H and O–H groups in total. The first-order valence-electron chi connectivity index (χ1n) is 11.8. The van der Waals surface area contributed by atoms with E-state index in [2.05, 4.69) is 10.6 Å². The van der Waals surface area contributed by atoms with Crippen LogP contribution < -0.4 is 10.6 Å². The molecule has 2 amide bonds. The first kappa shape index (κ1) is 27.7. The molecule has 35 heavy (non-hydrogen) atoms. The van der Waals surface area contributed by atoms with E-state index < -0.39 is 18.2 Å². The van der Waals surface area contributed by atoms with Gasteiger partial charge in [0.15, 0.2) is 0 Å². The van der Waals surface area contributed by atoms with Gasteiger partial charge in [-0.25, -0.2) is 9.59 Å². The van der Waals surface area contributed by atoms with Crippen LogP contribution in [0.2, 0.25) is 0 Å². The third kappa shape index (κ3) is 12.4. The highest BCUT2D eigenvalue weighted by atomic mass is 16.6. The predicted molar refractivity (Wildman–Crippen MR) is 132 cm³/mol. The molecule has 0 saturated heterocycles. The number of carbonyl (C=O) groups excluding carboxylic acids is 2. The summed E-state index contributed by atoms with van der Waals surface area (Å²) < 4.78 is 10.9. The van der Waals surface area contributed by atoms with Gasteiger partial charge in [0.2, 0.25) is 0 Å². The molecule has 190 valence electrons. The molecule has 0 saturated carbocycles. The molecule has 0 aliphatic carbocycles. The summed E-state index contributed by atoms with van der Waals surface area (Å²) in [5.41, 5.74) is 1.83. The maximum absolute atomic E-state index is 11.9. The van der Waals surface area contributed by atoms with Gasteiger partial charge in [0.1, 0.15) is 13.2 Å². The molecule has 0 unspecified atom stereocenters. The fourth-order valence-corrected chi connectivity index (χ4v) is 3.55.